The van der Waals surface area contributed by atoms with Crippen molar-refractivity contribution in [3.8, 4) is 11.4 Å². The molecule has 6 heterocycles. The molecule has 0 bridgehead atoms. The average molecular weight is 911 g/mol. The molecule has 0 radical (unpaired) electrons. The summed E-state index contributed by atoms with van der Waals surface area (Å²) in [7, 11) is 0. The third kappa shape index (κ3) is 7.81. The molecular weight excluding hydrogens is 865 g/mol. The van der Waals surface area contributed by atoms with Crippen molar-refractivity contribution >= 4 is 80.9 Å². The van der Waals surface area contributed by atoms with Crippen LogP contribution in [0, 0.1) is 0 Å². The van der Waals surface area contributed by atoms with Gasteiger partial charge in [0, 0.05) is 51.0 Å². The van der Waals surface area contributed by atoms with Crippen LogP contribution >= 0.6 is 23.5 Å². The second-order valence-electron chi connectivity index (χ2n) is 17.0. The zero-order chi connectivity index (χ0) is 44.9. The van der Waals surface area contributed by atoms with Crippen LogP contribution in [-0.4, -0.2) is 106 Å². The smallest absolute Gasteiger partial charge is 0.326 e. The van der Waals surface area contributed by atoms with Crippen molar-refractivity contribution in [2.45, 2.75) is 79.9 Å². The molecule has 65 heavy (non-hydrogen) atoms. The minimum Gasteiger partial charge on any atom is -0.480 e. The Labute approximate surface area is 381 Å². The molecule has 16 heteroatoms. The molecule has 2 aromatic heterocycles. The van der Waals surface area contributed by atoms with Gasteiger partial charge in [0.1, 0.15) is 12.1 Å². The lowest BCUT2D eigenvalue weighted by Gasteiger charge is -2.23. The van der Waals surface area contributed by atoms with Gasteiger partial charge in [0.2, 0.25) is 0 Å². The van der Waals surface area contributed by atoms with Crippen LogP contribution in [-0.2, 0) is 16.0 Å². The number of nitrogens with one attached hydrogen (secondary N) is 4. The summed E-state index contributed by atoms with van der Waals surface area (Å²) in [5, 5.41) is 30.2. The lowest BCUT2D eigenvalue weighted by atomic mass is 9.97. The minimum absolute atomic E-state index is 0.0235. The van der Waals surface area contributed by atoms with Gasteiger partial charge in [-0.2, -0.15) is 0 Å². The van der Waals surface area contributed by atoms with Gasteiger partial charge >= 0.3 is 11.9 Å². The number of benzene rings is 4. The van der Waals surface area contributed by atoms with Crippen LogP contribution in [0.3, 0.4) is 0 Å². The zero-order valence-corrected chi connectivity index (χ0v) is 36.8. The molecule has 0 spiro atoms. The number of hydrogen-bond acceptors (Lipinski definition) is 10. The third-order valence-corrected chi connectivity index (χ3v) is 15.8. The summed E-state index contributed by atoms with van der Waals surface area (Å²) in [6.07, 6.45) is 3.37. The SMILES string of the molecule is O=C(O)[C@H](CCC[C@@H]1NC(Cc2c(-c3[nH]c4ccccc4c3C3CS[C@H](CCC[C@@H](C(=O)O)N4C(=O)c5ccccc5C4=O)N3)[nH]c3ccccc23)CS1)N1C(=O)c2ccccc2C1=O. The van der Waals surface area contributed by atoms with Crippen LogP contribution < -0.4 is 10.6 Å². The van der Waals surface area contributed by atoms with Crippen molar-refractivity contribution in [2.24, 2.45) is 0 Å². The van der Waals surface area contributed by atoms with Crippen molar-refractivity contribution in [1.82, 2.24) is 30.4 Å². The van der Waals surface area contributed by atoms with Gasteiger partial charge < -0.3 is 25.5 Å². The van der Waals surface area contributed by atoms with Crippen LogP contribution in [0.4, 0.5) is 0 Å². The van der Waals surface area contributed by atoms with Gasteiger partial charge in [0.25, 0.3) is 23.6 Å². The average Bonchev–Trinajstić information content (AvgIpc) is 4.17. The number of fused-ring (bicyclic) bond motifs is 4. The standard InChI is InChI=1S/C49H46N6O8S2/c56-44-28-12-1-2-13-29(28)45(57)54(44)37(48(60)61)19-9-21-39-50-26(24-64-39)23-33-27-11-5-7-17-34(27)52-42(33)43-41(32-16-6-8-18-35(32)53-43)36-25-65-40(51-36)22-10-20-38(49(62)63)55-46(58)30-14-3-4-15-31(30)47(55)59/h1-8,11-18,26,36-40,50-53H,9-10,19-25H2,(H,60,61)(H,62,63)/t26?,36?,37-,38-,39+,40+/m0/s1. The monoisotopic (exact) mass is 910 g/mol. The normalized spacial score (nSPS) is 21.5. The third-order valence-electron chi connectivity index (χ3n) is 13.1. The summed E-state index contributed by atoms with van der Waals surface area (Å²) >= 11 is 3.58. The van der Waals surface area contributed by atoms with Gasteiger partial charge in [-0.05, 0) is 86.9 Å². The van der Waals surface area contributed by atoms with E-state index in [1.807, 2.05) is 24.3 Å². The Kier molecular flexibility index (Phi) is 11.6. The fourth-order valence-electron chi connectivity index (χ4n) is 10.0. The summed E-state index contributed by atoms with van der Waals surface area (Å²) in [6.45, 7) is 0. The highest BCUT2D eigenvalue weighted by Crippen LogP contribution is 2.43. The second-order valence-corrected chi connectivity index (χ2v) is 19.5. The number of para-hydroxylation sites is 2. The van der Waals surface area contributed by atoms with Gasteiger partial charge in [-0.1, -0.05) is 60.7 Å². The molecule has 4 aromatic carbocycles. The molecule has 6 aromatic rings. The number of hydrogen-bond donors (Lipinski definition) is 6. The highest BCUT2D eigenvalue weighted by atomic mass is 32.2. The van der Waals surface area contributed by atoms with Crippen molar-refractivity contribution in [1.29, 1.82) is 0 Å². The molecule has 4 aliphatic rings. The zero-order valence-electron chi connectivity index (χ0n) is 35.1. The summed E-state index contributed by atoms with van der Waals surface area (Å²) in [5.74, 6) is -3.02. The number of amides is 4. The number of imide groups is 2. The molecule has 2 saturated heterocycles. The number of thioether (sulfide) groups is 2. The van der Waals surface area contributed by atoms with Crippen molar-refractivity contribution in [3.63, 3.8) is 0 Å². The predicted octanol–water partition coefficient (Wildman–Crippen LogP) is 7.43. The lowest BCUT2D eigenvalue weighted by molar-refractivity contribution is -0.142. The Balaban J connectivity index is 0.824. The Morgan fingerprint density at radius 1 is 0.585 bits per heavy atom. The number of aromatic nitrogens is 2. The van der Waals surface area contributed by atoms with E-state index in [-0.39, 0.29) is 57.9 Å². The highest BCUT2D eigenvalue weighted by molar-refractivity contribution is 8.00. The Morgan fingerprint density at radius 3 is 1.57 bits per heavy atom. The summed E-state index contributed by atoms with van der Waals surface area (Å²) in [4.78, 5) is 86.6. The molecule has 332 valence electrons. The van der Waals surface area contributed by atoms with E-state index < -0.39 is 47.7 Å². The van der Waals surface area contributed by atoms with Crippen molar-refractivity contribution < 1.29 is 39.0 Å². The Bertz CT molecular complexity index is 2840. The maximum Gasteiger partial charge on any atom is 0.326 e. The van der Waals surface area contributed by atoms with E-state index >= 15 is 0 Å². The molecule has 0 aliphatic carbocycles. The van der Waals surface area contributed by atoms with E-state index in [9.17, 15) is 39.0 Å². The van der Waals surface area contributed by atoms with Gasteiger partial charge in [-0.25, -0.2) is 9.59 Å². The van der Waals surface area contributed by atoms with E-state index in [2.05, 4.69) is 44.9 Å². The van der Waals surface area contributed by atoms with Crippen molar-refractivity contribution in [2.75, 3.05) is 11.5 Å². The first-order valence-corrected chi connectivity index (χ1v) is 24.0. The largest absolute Gasteiger partial charge is 0.480 e. The number of aromatic amines is 2. The van der Waals surface area contributed by atoms with E-state index in [1.54, 1.807) is 72.1 Å². The van der Waals surface area contributed by atoms with Gasteiger partial charge in [0.15, 0.2) is 0 Å². The van der Waals surface area contributed by atoms with Crippen LogP contribution in [0.1, 0.15) is 97.1 Å². The van der Waals surface area contributed by atoms with E-state index in [1.165, 1.54) is 5.56 Å². The molecule has 10 rings (SSSR count). The number of rotatable bonds is 16. The predicted molar refractivity (Wildman–Crippen MR) is 249 cm³/mol. The number of carboxylic acid groups (broad SMARTS) is 2. The van der Waals surface area contributed by atoms with Gasteiger partial charge in [-0.15, -0.1) is 23.5 Å². The topological polar surface area (TPSA) is 205 Å². The number of nitrogens with zero attached hydrogens (tertiary/aromatic N) is 2. The van der Waals surface area contributed by atoms with Crippen LogP contribution in [0.5, 0.6) is 0 Å². The molecule has 4 aliphatic heterocycles. The number of carbonyl (C=O) groups is 6. The first-order valence-electron chi connectivity index (χ1n) is 21.9. The van der Waals surface area contributed by atoms with E-state index in [0.29, 0.717) is 25.7 Å². The first kappa shape index (κ1) is 42.7. The van der Waals surface area contributed by atoms with Crippen LogP contribution in [0.25, 0.3) is 33.2 Å². The van der Waals surface area contributed by atoms with E-state index in [4.69, 9.17) is 0 Å². The molecule has 0 saturated carbocycles. The molecule has 4 amide bonds. The van der Waals surface area contributed by atoms with E-state index in [0.717, 1.165) is 66.5 Å². The fraction of sp³-hybridized carbons (Fsp3) is 0.306. The molecule has 2 unspecified atom stereocenters. The maximum absolute atomic E-state index is 13.1. The van der Waals surface area contributed by atoms with Gasteiger partial charge in [-0.3, -0.25) is 34.3 Å². The molecule has 6 atom stereocenters. The van der Waals surface area contributed by atoms with Gasteiger partial charge in [0.05, 0.1) is 44.4 Å². The summed E-state index contributed by atoms with van der Waals surface area (Å²) < 4.78 is 0. The number of aliphatic carboxylic acids is 2. The van der Waals surface area contributed by atoms with Crippen LogP contribution in [0.2, 0.25) is 0 Å². The highest BCUT2D eigenvalue weighted by Gasteiger charge is 2.44. The fourth-order valence-corrected chi connectivity index (χ4v) is 12.6. The van der Waals surface area contributed by atoms with Crippen LogP contribution in [0.15, 0.2) is 97.1 Å². The summed E-state index contributed by atoms with van der Waals surface area (Å²) in [6, 6.07) is 27.1. The quantitative estimate of drug-likeness (QED) is 0.0525. The maximum atomic E-state index is 13.1. The summed E-state index contributed by atoms with van der Waals surface area (Å²) in [5.41, 5.74) is 7.33. The minimum atomic E-state index is -1.25. The Hall–Kier alpha value is -6.20. The second kappa shape index (κ2) is 17.6. The number of carbonyl (C=O) groups excluding carboxylic acids is 4. The molecular formula is C49H46N6O8S2. The molecule has 6 N–H and O–H groups in total. The number of carboxylic acids is 2. The lowest BCUT2D eigenvalue weighted by Crippen LogP contribution is -2.45. The van der Waals surface area contributed by atoms with Crippen molar-refractivity contribution in [3.05, 3.63) is 130 Å². The molecule has 2 fully saturated rings. The first-order chi connectivity index (χ1) is 31.6. The Morgan fingerprint density at radius 2 is 1.03 bits per heavy atom. The number of H-pyrrole nitrogens is 2. The molecule has 14 nitrogen and oxygen atoms in total.